The van der Waals surface area contributed by atoms with Crippen molar-refractivity contribution in [1.82, 2.24) is 9.80 Å². The van der Waals surface area contributed by atoms with E-state index in [0.717, 1.165) is 69.7 Å². The first-order valence-electron chi connectivity index (χ1n) is 11.9. The highest BCUT2D eigenvalue weighted by Gasteiger charge is 2.52. The van der Waals surface area contributed by atoms with Crippen molar-refractivity contribution >= 4 is 5.91 Å². The van der Waals surface area contributed by atoms with E-state index in [1.54, 1.807) is 14.2 Å². The smallest absolute Gasteiger partial charge is 0.236 e. The van der Waals surface area contributed by atoms with Gasteiger partial charge in [0.05, 0.1) is 25.0 Å². The Labute approximate surface area is 184 Å². The van der Waals surface area contributed by atoms with Crippen LogP contribution < -0.4 is 0 Å². The molecular formula is C25H44N2O3. The van der Waals surface area contributed by atoms with E-state index in [9.17, 15) is 4.79 Å². The maximum atomic E-state index is 13.5. The summed E-state index contributed by atoms with van der Waals surface area (Å²) >= 11 is 0. The summed E-state index contributed by atoms with van der Waals surface area (Å²) in [4.78, 5) is 17.7. The van der Waals surface area contributed by atoms with Gasteiger partial charge in [0.15, 0.2) is 0 Å². The lowest BCUT2D eigenvalue weighted by Gasteiger charge is -2.41. The van der Waals surface area contributed by atoms with E-state index in [1.165, 1.54) is 19.3 Å². The molecule has 1 amide bonds. The van der Waals surface area contributed by atoms with Crippen molar-refractivity contribution in [3.63, 3.8) is 0 Å². The summed E-state index contributed by atoms with van der Waals surface area (Å²) in [5.74, 6) is 2.05. The number of amides is 1. The van der Waals surface area contributed by atoms with Crippen molar-refractivity contribution in [2.45, 2.75) is 71.6 Å². The fraction of sp³-hybridized carbons (Fsp3) is 0.800. The zero-order valence-electron chi connectivity index (χ0n) is 20.3. The summed E-state index contributed by atoms with van der Waals surface area (Å²) in [7, 11) is 7.71. The van der Waals surface area contributed by atoms with Gasteiger partial charge in [-0.3, -0.25) is 4.79 Å². The molecule has 0 radical (unpaired) electrons. The molecule has 5 heteroatoms. The number of nitrogens with zero attached hydrogens (tertiary/aromatic N) is 2. The third-order valence-corrected chi connectivity index (χ3v) is 6.78. The fourth-order valence-corrected chi connectivity index (χ4v) is 5.28. The average Bonchev–Trinajstić information content (AvgIpc) is 3.01. The van der Waals surface area contributed by atoms with Crippen molar-refractivity contribution < 1.29 is 14.3 Å². The molecule has 0 unspecified atom stereocenters. The van der Waals surface area contributed by atoms with Gasteiger partial charge in [-0.15, -0.1) is 0 Å². The zero-order chi connectivity index (χ0) is 22.2. The highest BCUT2D eigenvalue weighted by atomic mass is 16.5. The Bertz CT molecular complexity index is 594. The van der Waals surface area contributed by atoms with Gasteiger partial charge < -0.3 is 19.3 Å². The van der Waals surface area contributed by atoms with Gasteiger partial charge in [-0.25, -0.2) is 0 Å². The van der Waals surface area contributed by atoms with Gasteiger partial charge in [-0.2, -0.15) is 0 Å². The summed E-state index contributed by atoms with van der Waals surface area (Å²) in [6.07, 6.45) is 13.8. The van der Waals surface area contributed by atoms with Crippen molar-refractivity contribution in [2.75, 3.05) is 47.9 Å². The molecule has 30 heavy (non-hydrogen) atoms. The first-order valence-corrected chi connectivity index (χ1v) is 11.9. The van der Waals surface area contributed by atoms with Crippen LogP contribution in [0.1, 0.15) is 71.6 Å². The predicted octanol–water partition coefficient (Wildman–Crippen LogP) is 4.99. The highest BCUT2D eigenvalue weighted by molar-refractivity contribution is 5.89. The number of unbranched alkanes of at least 4 members (excludes halogenated alkanes) is 3. The van der Waals surface area contributed by atoms with E-state index in [2.05, 4.69) is 45.0 Å². The Balaban J connectivity index is 2.12. The third kappa shape index (κ3) is 5.22. The molecule has 0 saturated carbocycles. The molecule has 1 saturated heterocycles. The largest absolute Gasteiger partial charge is 0.500 e. The normalized spacial score (nSPS) is 20.0. The minimum absolute atomic E-state index is 0.210. The van der Waals surface area contributed by atoms with Gasteiger partial charge >= 0.3 is 0 Å². The van der Waals surface area contributed by atoms with Gasteiger partial charge in [-0.1, -0.05) is 39.5 Å². The minimum Gasteiger partial charge on any atom is -0.500 e. The molecular weight excluding hydrogens is 376 g/mol. The fourth-order valence-electron chi connectivity index (χ4n) is 5.28. The van der Waals surface area contributed by atoms with Crippen LogP contribution in [0, 0.1) is 10.8 Å². The Morgan fingerprint density at radius 2 is 1.53 bits per heavy atom. The summed E-state index contributed by atoms with van der Waals surface area (Å²) in [6, 6.07) is 0. The van der Waals surface area contributed by atoms with Crippen LogP contribution in [0.2, 0.25) is 0 Å². The van der Waals surface area contributed by atoms with Gasteiger partial charge in [0, 0.05) is 13.1 Å². The Morgan fingerprint density at radius 1 is 0.967 bits per heavy atom. The van der Waals surface area contributed by atoms with E-state index < -0.39 is 5.41 Å². The van der Waals surface area contributed by atoms with Gasteiger partial charge in [0.2, 0.25) is 5.91 Å². The van der Waals surface area contributed by atoms with Crippen LogP contribution in [0.4, 0.5) is 0 Å². The predicted molar refractivity (Wildman–Crippen MR) is 123 cm³/mol. The molecule has 2 rings (SSSR count). The molecule has 0 aromatic carbocycles. The number of likely N-dealkylation sites (tertiary alicyclic amines) is 1. The van der Waals surface area contributed by atoms with E-state index in [0.29, 0.717) is 0 Å². The topological polar surface area (TPSA) is 42.0 Å². The number of hydrogen-bond acceptors (Lipinski definition) is 4. The molecule has 0 N–H and O–H groups in total. The first-order chi connectivity index (χ1) is 14.4. The van der Waals surface area contributed by atoms with Crippen LogP contribution in [0.15, 0.2) is 23.7 Å². The van der Waals surface area contributed by atoms with Gasteiger partial charge in [0.1, 0.15) is 11.5 Å². The highest BCUT2D eigenvalue weighted by Crippen LogP contribution is 2.53. The second-order valence-corrected chi connectivity index (χ2v) is 9.31. The number of carbonyl (C=O) groups excluding carboxylic acids is 1. The van der Waals surface area contributed by atoms with Crippen LogP contribution in [0.3, 0.4) is 0 Å². The number of carbonyl (C=O) groups is 1. The summed E-state index contributed by atoms with van der Waals surface area (Å²) in [6.45, 7) is 7.20. The van der Waals surface area contributed by atoms with Crippen molar-refractivity contribution in [2.24, 2.45) is 10.8 Å². The number of ether oxygens (including phenoxy) is 2. The number of methoxy groups -OCH3 is 2. The molecule has 1 heterocycles. The van der Waals surface area contributed by atoms with Crippen LogP contribution in [0.5, 0.6) is 0 Å². The molecule has 0 bridgehead atoms. The lowest BCUT2D eigenvalue weighted by atomic mass is 9.67. The zero-order valence-corrected chi connectivity index (χ0v) is 20.3. The molecule has 0 aromatic heterocycles. The molecule has 1 aliphatic heterocycles. The quantitative estimate of drug-likeness (QED) is 0.394. The molecule has 1 spiro atoms. The lowest BCUT2D eigenvalue weighted by molar-refractivity contribution is -0.132. The molecule has 172 valence electrons. The van der Waals surface area contributed by atoms with Gasteiger partial charge in [0.25, 0.3) is 0 Å². The summed E-state index contributed by atoms with van der Waals surface area (Å²) in [5.41, 5.74) is -0.842. The first kappa shape index (κ1) is 24.8. The second kappa shape index (κ2) is 11.2. The third-order valence-electron chi connectivity index (χ3n) is 6.78. The monoisotopic (exact) mass is 420 g/mol. The van der Waals surface area contributed by atoms with Crippen molar-refractivity contribution in [3.8, 4) is 0 Å². The van der Waals surface area contributed by atoms with Crippen LogP contribution in [0.25, 0.3) is 0 Å². The van der Waals surface area contributed by atoms with Crippen molar-refractivity contribution in [1.29, 1.82) is 0 Å². The van der Waals surface area contributed by atoms with E-state index >= 15 is 0 Å². The molecule has 2 aliphatic rings. The van der Waals surface area contributed by atoms with Crippen LogP contribution in [-0.4, -0.2) is 63.7 Å². The summed E-state index contributed by atoms with van der Waals surface area (Å²) in [5, 5.41) is 0. The van der Waals surface area contributed by atoms with Crippen LogP contribution in [-0.2, 0) is 14.3 Å². The molecule has 0 atom stereocenters. The Morgan fingerprint density at radius 3 is 2.03 bits per heavy atom. The minimum atomic E-state index is -0.605. The van der Waals surface area contributed by atoms with Crippen molar-refractivity contribution in [3.05, 3.63) is 23.7 Å². The van der Waals surface area contributed by atoms with E-state index in [-0.39, 0.29) is 11.3 Å². The molecule has 5 nitrogen and oxygen atoms in total. The molecule has 1 aliphatic carbocycles. The van der Waals surface area contributed by atoms with E-state index in [4.69, 9.17) is 9.47 Å². The van der Waals surface area contributed by atoms with Crippen LogP contribution >= 0.6 is 0 Å². The Kier molecular flexibility index (Phi) is 9.27. The SMILES string of the molecule is CCCC1(CCC)C(OC)=CC2(C=C1OC)CCN(CCCCCCN(C)C)C2=O. The standard InChI is InChI=1S/C25H44N2O3/c1-7-13-25(14-8-2)21(29-5)19-24(20-22(25)30-6)15-18-27(23(24)28)17-12-10-9-11-16-26(3)4/h19-20H,7-18H2,1-6H3. The maximum Gasteiger partial charge on any atom is 0.236 e. The second-order valence-electron chi connectivity index (χ2n) is 9.31. The molecule has 1 fully saturated rings. The number of rotatable bonds is 13. The van der Waals surface area contributed by atoms with E-state index in [1.807, 2.05) is 4.90 Å². The molecule has 0 aromatic rings. The van der Waals surface area contributed by atoms with Gasteiger partial charge in [-0.05, 0) is 64.9 Å². The Hall–Kier alpha value is -1.49. The number of hydrogen-bond donors (Lipinski definition) is 0. The average molecular weight is 421 g/mol. The maximum absolute atomic E-state index is 13.5. The summed E-state index contributed by atoms with van der Waals surface area (Å²) < 4.78 is 11.8. The lowest BCUT2D eigenvalue weighted by Crippen LogP contribution is -2.39.